The molecule has 2 aliphatic heterocycles. The second-order valence-corrected chi connectivity index (χ2v) is 10.0. The summed E-state index contributed by atoms with van der Waals surface area (Å²) in [5.41, 5.74) is 1.32. The maximum absolute atomic E-state index is 13.8. The molecular formula is C25H28FN5O4S. The summed E-state index contributed by atoms with van der Waals surface area (Å²) in [5.74, 6) is -0.732. The molecule has 3 aromatic rings. The molecule has 0 unspecified atom stereocenters. The number of nitro groups is 1. The van der Waals surface area contributed by atoms with E-state index in [2.05, 4.69) is 9.88 Å². The Morgan fingerprint density at radius 2 is 1.89 bits per heavy atom. The lowest BCUT2D eigenvalue weighted by atomic mass is 10.1. The highest BCUT2D eigenvalue weighted by molar-refractivity contribution is 7.22. The molecule has 0 bridgehead atoms. The number of ether oxygens (including phenoxy) is 1. The molecule has 0 radical (unpaired) electrons. The van der Waals surface area contributed by atoms with Crippen molar-refractivity contribution in [1.29, 1.82) is 0 Å². The summed E-state index contributed by atoms with van der Waals surface area (Å²) in [4.78, 5) is 35.7. The molecule has 9 nitrogen and oxygen atoms in total. The fourth-order valence-electron chi connectivity index (χ4n) is 4.71. The van der Waals surface area contributed by atoms with Gasteiger partial charge >= 0.3 is 0 Å². The van der Waals surface area contributed by atoms with Gasteiger partial charge in [0.05, 0.1) is 28.4 Å². The van der Waals surface area contributed by atoms with Crippen LogP contribution in [0.15, 0.2) is 36.4 Å². The monoisotopic (exact) mass is 513 g/mol. The first-order chi connectivity index (χ1) is 17.5. The Kier molecular flexibility index (Phi) is 7.40. The predicted molar refractivity (Wildman–Crippen MR) is 138 cm³/mol. The smallest absolute Gasteiger partial charge is 0.293 e. The number of nitrogens with zero attached hydrogens (tertiary/aromatic N) is 5. The van der Waals surface area contributed by atoms with Crippen LogP contribution in [0.2, 0.25) is 0 Å². The van der Waals surface area contributed by atoms with Crippen molar-refractivity contribution < 1.29 is 18.8 Å². The number of hydrogen-bond donors (Lipinski definition) is 0. The number of carbonyl (C=O) groups is 1. The number of piperidine rings is 1. The zero-order valence-electron chi connectivity index (χ0n) is 19.9. The number of aromatic nitrogens is 1. The number of carbonyl (C=O) groups excluding carboxylic acids is 1. The van der Waals surface area contributed by atoms with E-state index in [0.29, 0.717) is 47.3 Å². The Hall–Kier alpha value is -3.15. The quantitative estimate of drug-likeness (QED) is 0.343. The third-order valence-corrected chi connectivity index (χ3v) is 7.72. The summed E-state index contributed by atoms with van der Waals surface area (Å²) in [6.07, 6.45) is 3.10. The van der Waals surface area contributed by atoms with Crippen molar-refractivity contribution in [3.05, 3.63) is 57.9 Å². The predicted octanol–water partition coefficient (Wildman–Crippen LogP) is 4.31. The third kappa shape index (κ3) is 5.32. The van der Waals surface area contributed by atoms with Crippen LogP contribution in [0.5, 0.6) is 0 Å². The lowest BCUT2D eigenvalue weighted by molar-refractivity contribution is -0.384. The van der Waals surface area contributed by atoms with Gasteiger partial charge in [0, 0.05) is 50.9 Å². The van der Waals surface area contributed by atoms with Gasteiger partial charge in [-0.2, -0.15) is 0 Å². The molecule has 1 amide bonds. The zero-order valence-corrected chi connectivity index (χ0v) is 20.7. The minimum atomic E-state index is -0.417. The SMILES string of the molecule is O=C(c1ccc(N2CCCCC2)c([N+](=O)[O-])c1)N(CCN1CCOCC1)c1nc2ccc(F)cc2s1. The van der Waals surface area contributed by atoms with Crippen LogP contribution >= 0.6 is 11.3 Å². The van der Waals surface area contributed by atoms with Gasteiger partial charge in [0.25, 0.3) is 11.6 Å². The van der Waals surface area contributed by atoms with Gasteiger partial charge in [-0.05, 0) is 49.6 Å². The zero-order chi connectivity index (χ0) is 25.1. The van der Waals surface area contributed by atoms with Gasteiger partial charge in [-0.25, -0.2) is 9.37 Å². The average Bonchev–Trinajstić information content (AvgIpc) is 3.32. The first-order valence-corrected chi connectivity index (χ1v) is 13.0. The molecule has 2 fully saturated rings. The highest BCUT2D eigenvalue weighted by Gasteiger charge is 2.27. The van der Waals surface area contributed by atoms with Crippen LogP contribution in [0.1, 0.15) is 29.6 Å². The molecule has 36 heavy (non-hydrogen) atoms. The van der Waals surface area contributed by atoms with Gasteiger partial charge < -0.3 is 9.64 Å². The highest BCUT2D eigenvalue weighted by atomic mass is 32.1. The van der Waals surface area contributed by atoms with Crippen molar-refractivity contribution in [3.8, 4) is 0 Å². The van der Waals surface area contributed by atoms with E-state index in [-0.39, 0.29) is 23.0 Å². The molecule has 0 atom stereocenters. The summed E-state index contributed by atoms with van der Waals surface area (Å²) in [6.45, 7) is 5.30. The second kappa shape index (κ2) is 10.9. The molecule has 0 spiro atoms. The minimum absolute atomic E-state index is 0.0674. The van der Waals surface area contributed by atoms with Crippen molar-refractivity contribution in [2.75, 3.05) is 62.3 Å². The summed E-state index contributed by atoms with van der Waals surface area (Å²) < 4.78 is 19.8. The lowest BCUT2D eigenvalue weighted by Crippen LogP contribution is -2.43. The topological polar surface area (TPSA) is 92.0 Å². The number of fused-ring (bicyclic) bond motifs is 1. The normalized spacial score (nSPS) is 16.9. The van der Waals surface area contributed by atoms with Crippen molar-refractivity contribution in [2.24, 2.45) is 0 Å². The Morgan fingerprint density at radius 3 is 2.64 bits per heavy atom. The van der Waals surface area contributed by atoms with Gasteiger partial charge in [0.15, 0.2) is 5.13 Å². The number of anilines is 2. The number of benzene rings is 2. The maximum Gasteiger partial charge on any atom is 0.293 e. The second-order valence-electron chi connectivity index (χ2n) is 9.03. The van der Waals surface area contributed by atoms with Gasteiger partial charge in [0.1, 0.15) is 11.5 Å². The first kappa shape index (κ1) is 24.5. The van der Waals surface area contributed by atoms with Crippen LogP contribution in [-0.2, 0) is 4.74 Å². The molecule has 3 heterocycles. The molecule has 0 aliphatic carbocycles. The standard InChI is InChI=1S/C25H28FN5O4S/c26-19-5-6-20-23(17-19)36-25(27-20)30(11-10-28-12-14-35-15-13-28)24(32)18-4-7-21(22(16-18)31(33)34)29-8-2-1-3-9-29/h4-7,16-17H,1-3,8-15H2. The average molecular weight is 514 g/mol. The van der Waals surface area contributed by atoms with E-state index in [0.717, 1.165) is 45.4 Å². The third-order valence-electron chi connectivity index (χ3n) is 6.67. The van der Waals surface area contributed by atoms with Gasteiger partial charge in [-0.3, -0.25) is 24.7 Å². The highest BCUT2D eigenvalue weighted by Crippen LogP contribution is 2.34. The van der Waals surface area contributed by atoms with E-state index >= 15 is 0 Å². The number of nitro benzene ring substituents is 1. The Labute approximate surface area is 212 Å². The number of amides is 1. The fraction of sp³-hybridized carbons (Fsp3) is 0.440. The van der Waals surface area contributed by atoms with Gasteiger partial charge in [-0.15, -0.1) is 0 Å². The Balaban J connectivity index is 1.46. The van der Waals surface area contributed by atoms with Crippen LogP contribution in [0.25, 0.3) is 10.2 Å². The van der Waals surface area contributed by atoms with Crippen molar-refractivity contribution in [3.63, 3.8) is 0 Å². The molecule has 5 rings (SSSR count). The van der Waals surface area contributed by atoms with Crippen LogP contribution in [0.3, 0.4) is 0 Å². The molecule has 11 heteroatoms. The van der Waals surface area contributed by atoms with E-state index in [1.165, 1.54) is 29.5 Å². The first-order valence-electron chi connectivity index (χ1n) is 12.2. The van der Waals surface area contributed by atoms with Gasteiger partial charge in [-0.1, -0.05) is 11.3 Å². The fourth-order valence-corrected chi connectivity index (χ4v) is 5.73. The number of morpholine rings is 1. The molecule has 190 valence electrons. The van der Waals surface area contributed by atoms with Crippen molar-refractivity contribution in [1.82, 2.24) is 9.88 Å². The van der Waals surface area contributed by atoms with Crippen LogP contribution in [0, 0.1) is 15.9 Å². The number of thiazole rings is 1. The molecule has 2 aliphatic rings. The minimum Gasteiger partial charge on any atom is -0.379 e. The summed E-state index contributed by atoms with van der Waals surface area (Å²) in [7, 11) is 0. The molecular weight excluding hydrogens is 485 g/mol. The van der Waals surface area contributed by atoms with Crippen LogP contribution in [-0.4, -0.2) is 73.2 Å². The number of halogens is 1. The number of hydrogen-bond acceptors (Lipinski definition) is 8. The molecule has 0 saturated carbocycles. The van der Waals surface area contributed by atoms with Gasteiger partial charge in [0.2, 0.25) is 0 Å². The van der Waals surface area contributed by atoms with Crippen LogP contribution < -0.4 is 9.80 Å². The number of rotatable bonds is 7. The Bertz CT molecular complexity index is 1260. The van der Waals surface area contributed by atoms with Crippen molar-refractivity contribution >= 4 is 44.0 Å². The molecule has 2 aromatic carbocycles. The molecule has 1 aromatic heterocycles. The molecule has 0 N–H and O–H groups in total. The van der Waals surface area contributed by atoms with E-state index in [1.807, 2.05) is 4.90 Å². The summed E-state index contributed by atoms with van der Waals surface area (Å²) >= 11 is 1.23. The molecule has 2 saturated heterocycles. The summed E-state index contributed by atoms with van der Waals surface area (Å²) in [5, 5.41) is 12.4. The van der Waals surface area contributed by atoms with E-state index in [4.69, 9.17) is 4.74 Å². The lowest BCUT2D eigenvalue weighted by Gasteiger charge is -2.30. The summed E-state index contributed by atoms with van der Waals surface area (Å²) in [6, 6.07) is 9.06. The maximum atomic E-state index is 13.8. The largest absolute Gasteiger partial charge is 0.379 e. The van der Waals surface area contributed by atoms with E-state index < -0.39 is 4.92 Å². The Morgan fingerprint density at radius 1 is 1.11 bits per heavy atom. The van der Waals surface area contributed by atoms with E-state index in [9.17, 15) is 19.3 Å². The van der Waals surface area contributed by atoms with Crippen LogP contribution in [0.4, 0.5) is 20.9 Å². The van der Waals surface area contributed by atoms with Crippen molar-refractivity contribution in [2.45, 2.75) is 19.3 Å². The van der Waals surface area contributed by atoms with E-state index in [1.54, 1.807) is 23.1 Å².